The Morgan fingerprint density at radius 3 is 2.43 bits per heavy atom. The lowest BCUT2D eigenvalue weighted by molar-refractivity contribution is -0.0498. The molecule has 4 nitrogen and oxygen atoms in total. The second-order valence-corrected chi connectivity index (χ2v) is 7.00. The van der Waals surface area contributed by atoms with Gasteiger partial charge in [0.25, 0.3) is 0 Å². The zero-order valence-electron chi connectivity index (χ0n) is 16.3. The van der Waals surface area contributed by atoms with Crippen LogP contribution in [0.5, 0.6) is 5.75 Å². The molecule has 1 heterocycles. The van der Waals surface area contributed by atoms with Gasteiger partial charge in [-0.15, -0.1) is 0 Å². The van der Waals surface area contributed by atoms with Gasteiger partial charge in [0, 0.05) is 6.42 Å². The molecule has 0 saturated heterocycles. The minimum Gasteiger partial charge on any atom is -0.435 e. The Morgan fingerprint density at radius 1 is 1.03 bits per heavy atom. The number of aromatic nitrogens is 2. The van der Waals surface area contributed by atoms with Crippen molar-refractivity contribution in [3.8, 4) is 11.8 Å². The highest BCUT2D eigenvalue weighted by molar-refractivity contribution is 5.78. The molecule has 0 saturated carbocycles. The second-order valence-electron chi connectivity index (χ2n) is 7.00. The molecule has 0 radical (unpaired) electrons. The van der Waals surface area contributed by atoms with Crippen molar-refractivity contribution in [2.24, 2.45) is 0 Å². The minimum atomic E-state index is -2.85. The topological polar surface area (TPSA) is 50.8 Å². The molecule has 150 valence electrons. The van der Waals surface area contributed by atoms with Gasteiger partial charge in [0.05, 0.1) is 28.7 Å². The summed E-state index contributed by atoms with van der Waals surface area (Å²) in [5.74, 6) is 0.956. The Bertz CT molecular complexity index is 1200. The molecular weight excluding hydrogens is 384 g/mol. The van der Waals surface area contributed by atoms with Crippen LogP contribution < -0.4 is 4.74 Å². The Hall–Kier alpha value is -3.72. The van der Waals surface area contributed by atoms with Crippen molar-refractivity contribution in [1.29, 1.82) is 5.26 Å². The van der Waals surface area contributed by atoms with Gasteiger partial charge in [0.1, 0.15) is 11.6 Å². The van der Waals surface area contributed by atoms with Crippen molar-refractivity contribution in [1.82, 2.24) is 9.55 Å². The van der Waals surface area contributed by atoms with Gasteiger partial charge >= 0.3 is 6.61 Å². The van der Waals surface area contributed by atoms with Gasteiger partial charge in [0.15, 0.2) is 0 Å². The summed E-state index contributed by atoms with van der Waals surface area (Å²) in [5, 5.41) is 9.33. The van der Waals surface area contributed by atoms with E-state index in [4.69, 9.17) is 4.98 Å². The Balaban J connectivity index is 1.76. The summed E-state index contributed by atoms with van der Waals surface area (Å²) in [4.78, 5) is 4.80. The van der Waals surface area contributed by atoms with E-state index in [-0.39, 0.29) is 11.8 Å². The zero-order valence-corrected chi connectivity index (χ0v) is 16.3. The van der Waals surface area contributed by atoms with Gasteiger partial charge in [0.2, 0.25) is 0 Å². The number of hydrogen-bond acceptors (Lipinski definition) is 3. The number of rotatable bonds is 6. The number of halogens is 2. The van der Waals surface area contributed by atoms with E-state index in [9.17, 15) is 14.0 Å². The first-order chi connectivity index (χ1) is 14.5. The maximum absolute atomic E-state index is 12.4. The molecule has 30 heavy (non-hydrogen) atoms. The third-order valence-corrected chi connectivity index (χ3v) is 5.07. The van der Waals surface area contributed by atoms with Gasteiger partial charge < -0.3 is 9.30 Å². The highest BCUT2D eigenvalue weighted by Gasteiger charge is 2.18. The van der Waals surface area contributed by atoms with E-state index < -0.39 is 6.61 Å². The van der Waals surface area contributed by atoms with Crippen LogP contribution in [-0.2, 0) is 6.42 Å². The highest BCUT2D eigenvalue weighted by Crippen LogP contribution is 2.28. The number of benzene rings is 3. The van der Waals surface area contributed by atoms with Crippen LogP contribution >= 0.6 is 0 Å². The molecule has 0 spiro atoms. The summed E-state index contributed by atoms with van der Waals surface area (Å²) < 4.78 is 31.3. The zero-order chi connectivity index (χ0) is 21.1. The van der Waals surface area contributed by atoms with Crippen LogP contribution in [0.4, 0.5) is 8.78 Å². The van der Waals surface area contributed by atoms with Crippen molar-refractivity contribution in [3.63, 3.8) is 0 Å². The van der Waals surface area contributed by atoms with Gasteiger partial charge in [-0.3, -0.25) is 0 Å². The lowest BCUT2D eigenvalue weighted by Gasteiger charge is -2.18. The number of fused-ring (bicyclic) bond motifs is 1. The van der Waals surface area contributed by atoms with Crippen LogP contribution in [0.1, 0.15) is 35.5 Å². The summed E-state index contributed by atoms with van der Waals surface area (Å²) in [7, 11) is 0. The molecule has 0 amide bonds. The summed E-state index contributed by atoms with van der Waals surface area (Å²) in [6.45, 7) is -0.750. The molecule has 0 N–H and O–H groups in total. The van der Waals surface area contributed by atoms with E-state index >= 15 is 0 Å². The van der Waals surface area contributed by atoms with Crippen LogP contribution in [0.2, 0.25) is 0 Å². The maximum Gasteiger partial charge on any atom is 0.387 e. The molecule has 0 aliphatic heterocycles. The van der Waals surface area contributed by atoms with E-state index in [1.54, 1.807) is 18.2 Å². The molecule has 0 aliphatic carbocycles. The number of nitriles is 1. The number of hydrogen-bond donors (Lipinski definition) is 0. The minimum absolute atomic E-state index is 0.00147. The molecule has 4 aromatic rings. The molecule has 0 aliphatic rings. The van der Waals surface area contributed by atoms with E-state index in [2.05, 4.69) is 34.4 Å². The van der Waals surface area contributed by atoms with Gasteiger partial charge in [-0.05, 0) is 48.4 Å². The fourth-order valence-corrected chi connectivity index (χ4v) is 3.62. The number of nitrogens with zero attached hydrogens (tertiary/aromatic N) is 3. The van der Waals surface area contributed by atoms with Gasteiger partial charge in [-0.1, -0.05) is 42.5 Å². The molecule has 4 rings (SSSR count). The van der Waals surface area contributed by atoms with Crippen molar-refractivity contribution < 1.29 is 13.5 Å². The van der Waals surface area contributed by atoms with E-state index in [0.717, 1.165) is 28.0 Å². The number of alkyl halides is 2. The second kappa shape index (κ2) is 8.34. The molecular formula is C24H19F2N3O. The number of ether oxygens (including phenoxy) is 1. The summed E-state index contributed by atoms with van der Waals surface area (Å²) in [6, 6.07) is 24.3. The molecule has 6 heteroatoms. The van der Waals surface area contributed by atoms with Crippen LogP contribution in [0, 0.1) is 11.3 Å². The molecule has 1 aromatic heterocycles. The van der Waals surface area contributed by atoms with Crippen molar-refractivity contribution >= 4 is 11.0 Å². The Kier molecular flexibility index (Phi) is 5.44. The van der Waals surface area contributed by atoms with Crippen LogP contribution in [-0.4, -0.2) is 16.2 Å². The van der Waals surface area contributed by atoms with Crippen LogP contribution in [0.15, 0.2) is 72.8 Å². The van der Waals surface area contributed by atoms with Crippen molar-refractivity contribution in [2.75, 3.05) is 0 Å². The van der Waals surface area contributed by atoms with Gasteiger partial charge in [-0.2, -0.15) is 14.0 Å². The Morgan fingerprint density at radius 2 is 1.77 bits per heavy atom. The lowest BCUT2D eigenvalue weighted by Crippen LogP contribution is -2.11. The van der Waals surface area contributed by atoms with E-state index in [0.29, 0.717) is 12.0 Å². The van der Waals surface area contributed by atoms with Crippen LogP contribution in [0.25, 0.3) is 11.0 Å². The summed E-state index contributed by atoms with van der Waals surface area (Å²) in [5.41, 5.74) is 4.32. The predicted molar refractivity (Wildman–Crippen MR) is 111 cm³/mol. The first kappa shape index (κ1) is 19.6. The van der Waals surface area contributed by atoms with Crippen molar-refractivity contribution in [2.45, 2.75) is 26.0 Å². The lowest BCUT2D eigenvalue weighted by atomic mass is 10.1. The average Bonchev–Trinajstić information content (AvgIpc) is 3.11. The standard InChI is InChI=1S/C24H19F2N3O/c1-16(19-5-3-2-4-6-19)29-22-13-18(15-27)9-12-21(22)28-23(29)14-17-7-10-20(11-8-17)30-24(25)26/h2-13,16,24H,14H2,1H3/t16-/m0/s1. The predicted octanol–water partition coefficient (Wildman–Crippen LogP) is 5.71. The van der Waals surface area contributed by atoms with Gasteiger partial charge in [-0.25, -0.2) is 4.98 Å². The SMILES string of the molecule is C[C@@H](c1ccccc1)n1c(Cc2ccc(OC(F)F)cc2)nc2ccc(C#N)cc21. The first-order valence-electron chi connectivity index (χ1n) is 9.55. The maximum atomic E-state index is 12.4. The molecule has 0 unspecified atom stereocenters. The highest BCUT2D eigenvalue weighted by atomic mass is 19.3. The molecule has 3 aromatic carbocycles. The fourth-order valence-electron chi connectivity index (χ4n) is 3.62. The summed E-state index contributed by atoms with van der Waals surface area (Å²) in [6.07, 6.45) is 0.517. The van der Waals surface area contributed by atoms with Crippen molar-refractivity contribution in [3.05, 3.63) is 95.3 Å². The number of imidazole rings is 1. The monoisotopic (exact) mass is 403 g/mol. The normalized spacial score (nSPS) is 12.1. The van der Waals surface area contributed by atoms with Crippen LogP contribution in [0.3, 0.4) is 0 Å². The van der Waals surface area contributed by atoms with E-state index in [1.165, 1.54) is 12.1 Å². The summed E-state index contributed by atoms with van der Waals surface area (Å²) >= 11 is 0. The molecule has 0 bridgehead atoms. The fraction of sp³-hybridized carbons (Fsp3) is 0.167. The average molecular weight is 403 g/mol. The van der Waals surface area contributed by atoms with E-state index in [1.807, 2.05) is 30.3 Å². The third kappa shape index (κ3) is 4.01. The molecule has 1 atom stereocenters. The quantitative estimate of drug-likeness (QED) is 0.414. The third-order valence-electron chi connectivity index (χ3n) is 5.07. The molecule has 0 fully saturated rings. The first-order valence-corrected chi connectivity index (χ1v) is 9.55. The largest absolute Gasteiger partial charge is 0.435 e. The Labute approximate surface area is 173 Å². The smallest absolute Gasteiger partial charge is 0.387 e.